The number of carbonyl (C=O) groups excluding carboxylic acids is 1. The van der Waals surface area contributed by atoms with Crippen LogP contribution in [0, 0.1) is 5.92 Å². The highest BCUT2D eigenvalue weighted by Crippen LogP contribution is 2.31. The van der Waals surface area contributed by atoms with E-state index in [0.29, 0.717) is 18.2 Å². The van der Waals surface area contributed by atoms with Crippen molar-refractivity contribution >= 4 is 5.91 Å². The minimum atomic E-state index is 0.0677. The zero-order valence-corrected chi connectivity index (χ0v) is 13.3. The van der Waals surface area contributed by atoms with E-state index in [0.717, 1.165) is 32.4 Å². The highest BCUT2D eigenvalue weighted by Gasteiger charge is 2.33. The van der Waals surface area contributed by atoms with Crippen molar-refractivity contribution in [3.05, 3.63) is 0 Å². The number of nitrogens with one attached hydrogen (secondary N) is 1. The van der Waals surface area contributed by atoms with Gasteiger partial charge in [0, 0.05) is 25.0 Å². The van der Waals surface area contributed by atoms with Gasteiger partial charge in [-0.05, 0) is 32.7 Å². The molecule has 1 saturated carbocycles. The Morgan fingerprint density at radius 1 is 1.26 bits per heavy atom. The molecule has 0 aliphatic heterocycles. The highest BCUT2D eigenvalue weighted by molar-refractivity contribution is 5.77. The molecule has 0 aromatic heterocycles. The maximum atomic E-state index is 12.5. The lowest BCUT2D eigenvalue weighted by Gasteiger charge is -2.38. The van der Waals surface area contributed by atoms with Crippen LogP contribution >= 0.6 is 0 Å². The maximum absolute atomic E-state index is 12.5. The molecule has 19 heavy (non-hydrogen) atoms. The first-order valence-electron chi connectivity index (χ1n) is 8.03. The summed E-state index contributed by atoms with van der Waals surface area (Å²) in [6.45, 7) is 8.26. The van der Waals surface area contributed by atoms with Crippen LogP contribution < -0.4 is 5.32 Å². The van der Waals surface area contributed by atoms with Crippen molar-refractivity contribution in [2.75, 3.05) is 20.1 Å². The van der Waals surface area contributed by atoms with Crippen molar-refractivity contribution in [1.82, 2.24) is 10.2 Å². The number of nitrogens with zero attached hydrogens (tertiary/aromatic N) is 1. The molecule has 1 aliphatic carbocycles. The molecule has 3 nitrogen and oxygen atoms in total. The van der Waals surface area contributed by atoms with Crippen molar-refractivity contribution in [2.24, 2.45) is 5.92 Å². The van der Waals surface area contributed by atoms with Gasteiger partial charge in [0.1, 0.15) is 0 Å². The van der Waals surface area contributed by atoms with Crippen LogP contribution in [0.3, 0.4) is 0 Å². The summed E-state index contributed by atoms with van der Waals surface area (Å²) in [5.74, 6) is 0.930. The van der Waals surface area contributed by atoms with Crippen molar-refractivity contribution in [2.45, 2.75) is 71.3 Å². The molecule has 1 N–H and O–H groups in total. The summed E-state index contributed by atoms with van der Waals surface area (Å²) in [5.41, 5.74) is 0.0677. The zero-order chi connectivity index (χ0) is 14.3. The quantitative estimate of drug-likeness (QED) is 0.769. The SMILES string of the molecule is CCC(C)CN(CC)C(=O)CC1(NC)CCCCC1. The molecule has 0 saturated heterocycles. The maximum Gasteiger partial charge on any atom is 0.224 e. The fourth-order valence-electron chi connectivity index (χ4n) is 3.06. The van der Waals surface area contributed by atoms with Crippen molar-refractivity contribution < 1.29 is 4.79 Å². The molecule has 112 valence electrons. The third kappa shape index (κ3) is 4.79. The topological polar surface area (TPSA) is 32.3 Å². The normalized spacial score (nSPS) is 20.0. The number of hydrogen-bond acceptors (Lipinski definition) is 2. The minimum absolute atomic E-state index is 0.0677. The van der Waals surface area contributed by atoms with Crippen molar-refractivity contribution in [1.29, 1.82) is 0 Å². The predicted octanol–water partition coefficient (Wildman–Crippen LogP) is 3.19. The number of rotatable bonds is 7. The summed E-state index contributed by atoms with van der Waals surface area (Å²) in [6, 6.07) is 0. The standard InChI is InChI=1S/C16H32N2O/c1-5-14(3)13-18(6-2)15(19)12-16(17-4)10-8-7-9-11-16/h14,17H,5-13H2,1-4H3. The summed E-state index contributed by atoms with van der Waals surface area (Å²) in [5, 5.41) is 3.45. The highest BCUT2D eigenvalue weighted by atomic mass is 16.2. The number of hydrogen-bond donors (Lipinski definition) is 1. The van der Waals surface area contributed by atoms with E-state index < -0.39 is 0 Å². The van der Waals surface area contributed by atoms with Gasteiger partial charge >= 0.3 is 0 Å². The third-order valence-electron chi connectivity index (χ3n) is 4.79. The van der Waals surface area contributed by atoms with E-state index in [-0.39, 0.29) is 5.54 Å². The fourth-order valence-corrected chi connectivity index (χ4v) is 3.06. The lowest BCUT2D eigenvalue weighted by Crippen LogP contribution is -2.49. The summed E-state index contributed by atoms with van der Waals surface area (Å²) < 4.78 is 0. The second-order valence-electron chi connectivity index (χ2n) is 6.21. The first-order valence-corrected chi connectivity index (χ1v) is 8.03. The minimum Gasteiger partial charge on any atom is -0.343 e. The second-order valence-corrected chi connectivity index (χ2v) is 6.21. The van der Waals surface area contributed by atoms with Gasteiger partial charge < -0.3 is 10.2 Å². The molecule has 0 aromatic carbocycles. The van der Waals surface area contributed by atoms with E-state index in [1.165, 1.54) is 19.3 Å². The molecule has 1 unspecified atom stereocenters. The van der Waals surface area contributed by atoms with E-state index in [1.54, 1.807) is 0 Å². The molecule has 0 aromatic rings. The first-order chi connectivity index (χ1) is 9.06. The number of amides is 1. The van der Waals surface area contributed by atoms with Crippen LogP contribution in [0.5, 0.6) is 0 Å². The van der Waals surface area contributed by atoms with Gasteiger partial charge in [-0.15, -0.1) is 0 Å². The lowest BCUT2D eigenvalue weighted by molar-refractivity contribution is -0.133. The Balaban J connectivity index is 2.59. The van der Waals surface area contributed by atoms with Gasteiger partial charge in [-0.1, -0.05) is 39.5 Å². The molecule has 1 amide bonds. The lowest BCUT2D eigenvalue weighted by atomic mass is 9.79. The molecule has 0 spiro atoms. The molecule has 3 heteroatoms. The van der Waals surface area contributed by atoms with Crippen LogP contribution in [0.25, 0.3) is 0 Å². The molecule has 1 atom stereocenters. The Kier molecular flexibility index (Phi) is 6.84. The van der Waals surface area contributed by atoms with Crippen molar-refractivity contribution in [3.8, 4) is 0 Å². The van der Waals surface area contributed by atoms with Gasteiger partial charge in [-0.25, -0.2) is 0 Å². The van der Waals surface area contributed by atoms with E-state index in [2.05, 4.69) is 26.1 Å². The molecule has 1 fully saturated rings. The van der Waals surface area contributed by atoms with Crippen LogP contribution in [0.1, 0.15) is 65.7 Å². The second kappa shape index (κ2) is 7.88. The molecule has 1 rings (SSSR count). The van der Waals surface area contributed by atoms with Crippen molar-refractivity contribution in [3.63, 3.8) is 0 Å². The van der Waals surface area contributed by atoms with Gasteiger partial charge in [-0.3, -0.25) is 4.79 Å². The van der Waals surface area contributed by atoms with Gasteiger partial charge in [0.25, 0.3) is 0 Å². The zero-order valence-electron chi connectivity index (χ0n) is 13.3. The van der Waals surface area contributed by atoms with Crippen LogP contribution in [-0.4, -0.2) is 36.5 Å². The van der Waals surface area contributed by atoms with Gasteiger partial charge in [0.05, 0.1) is 0 Å². The van der Waals surface area contributed by atoms with Gasteiger partial charge in [0.15, 0.2) is 0 Å². The summed E-state index contributed by atoms with van der Waals surface area (Å²) in [6.07, 6.45) is 7.94. The fraction of sp³-hybridized carbons (Fsp3) is 0.938. The summed E-state index contributed by atoms with van der Waals surface area (Å²) in [7, 11) is 2.02. The molecular weight excluding hydrogens is 236 g/mol. The Morgan fingerprint density at radius 2 is 1.89 bits per heavy atom. The predicted molar refractivity (Wildman–Crippen MR) is 81.2 cm³/mol. The Labute approximate surface area is 119 Å². The van der Waals surface area contributed by atoms with Crippen LogP contribution in [0.15, 0.2) is 0 Å². The first kappa shape index (κ1) is 16.5. The van der Waals surface area contributed by atoms with E-state index >= 15 is 0 Å². The number of carbonyl (C=O) groups is 1. The molecule has 0 heterocycles. The average molecular weight is 268 g/mol. The van der Waals surface area contributed by atoms with E-state index in [4.69, 9.17) is 0 Å². The van der Waals surface area contributed by atoms with Crippen LogP contribution in [0.4, 0.5) is 0 Å². The van der Waals surface area contributed by atoms with Gasteiger partial charge in [0.2, 0.25) is 5.91 Å². The monoisotopic (exact) mass is 268 g/mol. The van der Waals surface area contributed by atoms with Crippen LogP contribution in [-0.2, 0) is 4.79 Å². The molecular formula is C16H32N2O. The van der Waals surface area contributed by atoms with E-state index in [9.17, 15) is 4.79 Å². The average Bonchev–Trinajstić information content (AvgIpc) is 2.45. The molecule has 0 radical (unpaired) electrons. The molecule has 1 aliphatic rings. The Morgan fingerprint density at radius 3 is 2.37 bits per heavy atom. The van der Waals surface area contributed by atoms with E-state index in [1.807, 2.05) is 11.9 Å². The third-order valence-corrected chi connectivity index (χ3v) is 4.79. The van der Waals surface area contributed by atoms with Gasteiger partial charge in [-0.2, -0.15) is 0 Å². The Bertz CT molecular complexity index is 272. The smallest absolute Gasteiger partial charge is 0.224 e. The van der Waals surface area contributed by atoms with Crippen LogP contribution in [0.2, 0.25) is 0 Å². The Hall–Kier alpha value is -0.570. The summed E-state index contributed by atoms with van der Waals surface area (Å²) in [4.78, 5) is 14.6. The summed E-state index contributed by atoms with van der Waals surface area (Å²) >= 11 is 0. The molecule has 0 bridgehead atoms. The largest absolute Gasteiger partial charge is 0.343 e.